The average Bonchev–Trinajstić information content (AvgIpc) is 4.16. The number of ether oxygens (including phenoxy) is 1. The van der Waals surface area contributed by atoms with Crippen LogP contribution >= 0.6 is 11.6 Å². The molecule has 10 rings (SSSR count). The Morgan fingerprint density at radius 1 is 1.01 bits per heavy atom. The summed E-state index contributed by atoms with van der Waals surface area (Å²) >= 11 is 6.80. The van der Waals surface area contributed by atoms with Crippen LogP contribution in [0.1, 0.15) is 114 Å². The number of amides is 1. The molecule has 0 radical (unpaired) electrons. The van der Waals surface area contributed by atoms with Crippen molar-refractivity contribution in [1.82, 2.24) is 39.4 Å². The highest BCUT2D eigenvalue weighted by atomic mass is 35.5. The van der Waals surface area contributed by atoms with E-state index in [4.69, 9.17) is 26.4 Å². The summed E-state index contributed by atoms with van der Waals surface area (Å²) in [5, 5.41) is 12.0. The highest BCUT2D eigenvalue weighted by Crippen LogP contribution is 2.60. The zero-order valence-electron chi connectivity index (χ0n) is 36.8. The lowest BCUT2D eigenvalue weighted by Crippen LogP contribution is -2.38. The first-order valence-electron chi connectivity index (χ1n) is 22.3. The summed E-state index contributed by atoms with van der Waals surface area (Å²) in [4.78, 5) is 52.2. The fourth-order valence-corrected chi connectivity index (χ4v) is 10.8. The molecule has 3 fully saturated rings. The second-order valence-electron chi connectivity index (χ2n) is 18.5. The first-order valence-corrected chi connectivity index (χ1v) is 24.6. The second kappa shape index (κ2) is 17.0. The number of pyridine rings is 1. The Balaban J connectivity index is 1.20. The maximum Gasteiger partial charge on any atom is 0.268 e. The van der Waals surface area contributed by atoms with Gasteiger partial charge in [-0.3, -0.25) is 33.0 Å². The number of fused-ring (bicyclic) bond motifs is 5. The van der Waals surface area contributed by atoms with Crippen molar-refractivity contribution in [2.45, 2.75) is 107 Å². The van der Waals surface area contributed by atoms with Crippen molar-refractivity contribution in [2.24, 2.45) is 5.92 Å². The van der Waals surface area contributed by atoms with E-state index >= 15 is 9.18 Å². The molecule has 4 aromatic heterocycles. The Morgan fingerprint density at radius 3 is 2.43 bits per heavy atom. The van der Waals surface area contributed by atoms with Crippen molar-refractivity contribution >= 4 is 61.6 Å². The third-order valence-corrected chi connectivity index (χ3v) is 14.3. The van der Waals surface area contributed by atoms with Gasteiger partial charge in [0, 0.05) is 68.3 Å². The normalized spacial score (nSPS) is 19.8. The number of alkyl halides is 3. The van der Waals surface area contributed by atoms with Crippen molar-refractivity contribution < 1.29 is 44.7 Å². The second-order valence-corrected chi connectivity index (χ2v) is 20.7. The third-order valence-electron chi connectivity index (χ3n) is 13.5. The Hall–Kier alpha value is -5.80. The van der Waals surface area contributed by atoms with Gasteiger partial charge in [-0.15, -0.1) is 0 Å². The topological polar surface area (TPSA) is 185 Å². The Morgan fingerprint density at radius 2 is 1.75 bits per heavy atom. The van der Waals surface area contributed by atoms with Gasteiger partial charge in [-0.2, -0.15) is 10.2 Å². The Bertz CT molecular complexity index is 3220. The molecule has 15 nitrogen and oxygen atoms in total. The summed E-state index contributed by atoms with van der Waals surface area (Å²) in [5.74, 6) is -4.95. The van der Waals surface area contributed by atoms with E-state index in [0.29, 0.717) is 36.5 Å². The van der Waals surface area contributed by atoms with Gasteiger partial charge < -0.3 is 10.1 Å². The maximum atomic E-state index is 16.8. The number of sulfonamides is 1. The van der Waals surface area contributed by atoms with E-state index in [1.165, 1.54) is 29.5 Å². The van der Waals surface area contributed by atoms with Gasteiger partial charge in [0.25, 0.3) is 5.56 Å². The molecule has 0 unspecified atom stereocenters. The first-order chi connectivity index (χ1) is 32.3. The van der Waals surface area contributed by atoms with Gasteiger partial charge in [-0.05, 0) is 92.7 Å². The van der Waals surface area contributed by atoms with Crippen LogP contribution in [0.5, 0.6) is 0 Å². The molecule has 358 valence electrons. The fourth-order valence-electron chi connectivity index (χ4n) is 10.1. The summed E-state index contributed by atoms with van der Waals surface area (Å²) in [6.07, 6.45) is 2.04. The number of nitrogens with one attached hydrogen (secondary N) is 2. The van der Waals surface area contributed by atoms with E-state index in [2.05, 4.69) is 20.1 Å². The number of methoxy groups -OCH3 is 1. The molecule has 0 spiro atoms. The van der Waals surface area contributed by atoms with Crippen LogP contribution in [0.15, 0.2) is 41.2 Å². The van der Waals surface area contributed by atoms with E-state index in [9.17, 15) is 35.6 Å². The molecule has 22 heteroatoms. The molecular formula is C46H45ClF5N9O6S. The lowest BCUT2D eigenvalue weighted by Gasteiger charge is -2.33. The van der Waals surface area contributed by atoms with E-state index in [1.54, 1.807) is 4.68 Å². The van der Waals surface area contributed by atoms with Crippen LogP contribution in [-0.2, 0) is 51.2 Å². The highest BCUT2D eigenvalue weighted by molar-refractivity contribution is 7.92. The molecule has 2 aromatic carbocycles. The lowest BCUT2D eigenvalue weighted by molar-refractivity contribution is -0.122. The van der Waals surface area contributed by atoms with E-state index < -0.39 is 99.6 Å². The minimum absolute atomic E-state index is 0.0116. The van der Waals surface area contributed by atoms with Gasteiger partial charge in [0.15, 0.2) is 23.4 Å². The molecular weight excluding hydrogens is 937 g/mol. The van der Waals surface area contributed by atoms with Crippen molar-refractivity contribution in [3.05, 3.63) is 103 Å². The SMILES string of the molecule is COCCCn1nc(NS(C)(=O)=O)c2c(Cl)ccc(-n3c([C@H](Cc4cc(F)cc(F)c4)NC(=O)Cn4nc(C5CC5)c5c4C[C@@H]4C[C@H]54)nc4nc(C5(F)CCC(F)(F)CC5)cc(C=O)c4c3=O)c21. The van der Waals surface area contributed by atoms with E-state index in [-0.39, 0.29) is 64.1 Å². The molecule has 3 saturated carbocycles. The van der Waals surface area contributed by atoms with Gasteiger partial charge >= 0.3 is 0 Å². The Labute approximate surface area is 390 Å². The number of carbonyl (C=O) groups is 2. The third kappa shape index (κ3) is 8.65. The van der Waals surface area contributed by atoms with Gasteiger partial charge in [0.2, 0.25) is 21.9 Å². The average molecular weight is 982 g/mol. The van der Waals surface area contributed by atoms with E-state index in [1.807, 2.05) is 0 Å². The summed E-state index contributed by atoms with van der Waals surface area (Å²) in [6, 6.07) is 5.12. The lowest BCUT2D eigenvalue weighted by atomic mass is 9.81. The number of hydrogen-bond donors (Lipinski definition) is 2. The molecule has 3 atom stereocenters. The summed E-state index contributed by atoms with van der Waals surface area (Å²) in [6.45, 7) is 0.0449. The zero-order valence-corrected chi connectivity index (χ0v) is 38.4. The molecule has 6 aromatic rings. The summed E-state index contributed by atoms with van der Waals surface area (Å²) < 4.78 is 113. The Kier molecular flexibility index (Phi) is 11.5. The smallest absolute Gasteiger partial charge is 0.268 e. The fraction of sp³-hybridized carbons (Fsp3) is 0.457. The van der Waals surface area contributed by atoms with Crippen LogP contribution in [0.25, 0.3) is 27.6 Å². The number of halogens is 6. The summed E-state index contributed by atoms with van der Waals surface area (Å²) in [5.41, 5.74) is -1.45. The van der Waals surface area contributed by atoms with Crippen LogP contribution in [0, 0.1) is 17.6 Å². The predicted molar refractivity (Wildman–Crippen MR) is 240 cm³/mol. The molecule has 0 aliphatic heterocycles. The van der Waals surface area contributed by atoms with Gasteiger partial charge in [0.05, 0.1) is 50.7 Å². The molecule has 0 bridgehead atoms. The van der Waals surface area contributed by atoms with Gasteiger partial charge in [0.1, 0.15) is 24.0 Å². The monoisotopic (exact) mass is 981 g/mol. The number of aryl methyl sites for hydroxylation is 1. The van der Waals surface area contributed by atoms with Crippen molar-refractivity contribution in [2.75, 3.05) is 24.7 Å². The number of anilines is 1. The minimum atomic E-state index is -3.98. The van der Waals surface area contributed by atoms with Crippen LogP contribution in [0.4, 0.5) is 27.8 Å². The van der Waals surface area contributed by atoms with Crippen molar-refractivity contribution in [3.8, 4) is 5.69 Å². The highest BCUT2D eigenvalue weighted by Gasteiger charge is 2.51. The standard InChI is InChI=1S/C46H45ClF5N9O6S/c1-67-13-3-12-59-40-32(7-6-30(47)38(40)42(57-59)58-68(2,65)66)61-43(55-41-36(44(61)64)26(22-62)19-34(54-41)45(50)8-10-46(51,52)11-9-45)31(16-23-14-27(48)20-28(49)15-23)53-35(63)21-60-33-18-25-17-29(25)37(33)39(56-60)24-4-5-24/h6-7,14-15,19-20,22,24-25,29,31H,3-5,8-13,16-18,21H2,1-2H3,(H,53,63)(H,57,58)/t25-,29-,31-/m0/s1. The molecule has 1 amide bonds. The van der Waals surface area contributed by atoms with Gasteiger partial charge in [-0.25, -0.2) is 40.3 Å². The van der Waals surface area contributed by atoms with Crippen LogP contribution in [0.3, 0.4) is 0 Å². The summed E-state index contributed by atoms with van der Waals surface area (Å²) in [7, 11) is -2.49. The number of hydrogen-bond acceptors (Lipinski definition) is 10. The zero-order chi connectivity index (χ0) is 48.0. The molecule has 2 N–H and O–H groups in total. The quantitative estimate of drug-likeness (QED) is 0.0560. The largest absolute Gasteiger partial charge is 0.385 e. The molecule has 68 heavy (non-hydrogen) atoms. The first kappa shape index (κ1) is 46.0. The van der Waals surface area contributed by atoms with Crippen LogP contribution in [0.2, 0.25) is 5.02 Å². The number of nitrogens with zero attached hydrogens (tertiary/aromatic N) is 7. The number of benzene rings is 2. The predicted octanol–water partition coefficient (Wildman–Crippen LogP) is 7.49. The minimum Gasteiger partial charge on any atom is -0.385 e. The molecule has 0 saturated heterocycles. The van der Waals surface area contributed by atoms with Crippen LogP contribution in [-0.4, -0.2) is 80.6 Å². The molecule has 4 heterocycles. The van der Waals surface area contributed by atoms with Crippen LogP contribution < -0.4 is 15.6 Å². The van der Waals surface area contributed by atoms with Gasteiger partial charge in [-0.1, -0.05) is 11.6 Å². The molecule has 4 aliphatic rings. The van der Waals surface area contributed by atoms with E-state index in [0.717, 1.165) is 66.1 Å². The number of aldehydes is 1. The van der Waals surface area contributed by atoms with Crippen molar-refractivity contribution in [3.63, 3.8) is 0 Å². The number of aromatic nitrogens is 7. The number of rotatable bonds is 16. The maximum absolute atomic E-state index is 16.8. The number of carbonyl (C=O) groups excluding carboxylic acids is 2. The molecule has 4 aliphatic carbocycles. The van der Waals surface area contributed by atoms with Crippen molar-refractivity contribution in [1.29, 1.82) is 0 Å².